The average Bonchev–Trinajstić information content (AvgIpc) is 3.34. The van der Waals surface area contributed by atoms with Crippen molar-refractivity contribution in [3.05, 3.63) is 95.3 Å². The van der Waals surface area contributed by atoms with Gasteiger partial charge in [0.2, 0.25) is 5.91 Å². The minimum atomic E-state index is -4.46. The Morgan fingerprint density at radius 2 is 1.79 bits per heavy atom. The molecule has 1 aliphatic rings. The molecule has 0 bridgehead atoms. The van der Waals surface area contributed by atoms with Crippen molar-refractivity contribution in [2.24, 2.45) is 0 Å². The van der Waals surface area contributed by atoms with E-state index in [1.807, 2.05) is 43.3 Å². The fourth-order valence-electron chi connectivity index (χ4n) is 4.55. The van der Waals surface area contributed by atoms with Crippen molar-refractivity contribution in [3.63, 3.8) is 0 Å². The van der Waals surface area contributed by atoms with Gasteiger partial charge in [0.1, 0.15) is 5.82 Å². The Morgan fingerprint density at radius 1 is 1.00 bits per heavy atom. The van der Waals surface area contributed by atoms with E-state index in [1.54, 1.807) is 6.07 Å². The number of hydrogen-bond donors (Lipinski definition) is 0. The van der Waals surface area contributed by atoms with E-state index in [9.17, 15) is 18.0 Å². The zero-order valence-electron chi connectivity index (χ0n) is 18.0. The van der Waals surface area contributed by atoms with E-state index < -0.39 is 11.7 Å². The molecule has 1 fully saturated rings. The highest BCUT2D eigenvalue weighted by Gasteiger charge is 2.36. The lowest BCUT2D eigenvalue weighted by Gasteiger charge is -2.19. The summed E-state index contributed by atoms with van der Waals surface area (Å²) in [6.07, 6.45) is -4.26. The van der Waals surface area contributed by atoms with Crippen LogP contribution in [0.3, 0.4) is 0 Å². The van der Waals surface area contributed by atoms with Crippen molar-refractivity contribution >= 4 is 22.6 Å². The molecule has 5 rings (SSSR count). The van der Waals surface area contributed by atoms with Gasteiger partial charge in [-0.15, -0.1) is 0 Å². The van der Waals surface area contributed by atoms with E-state index in [1.165, 1.54) is 11.0 Å². The molecule has 4 aromatic rings. The highest BCUT2D eigenvalue weighted by molar-refractivity contribution is 5.96. The van der Waals surface area contributed by atoms with Crippen molar-refractivity contribution in [2.75, 3.05) is 11.4 Å². The van der Waals surface area contributed by atoms with Crippen LogP contribution in [0.2, 0.25) is 0 Å². The van der Waals surface area contributed by atoms with E-state index in [0.717, 1.165) is 40.1 Å². The fraction of sp³-hybridized carbons (Fsp3) is 0.231. The number of halogens is 3. The third-order valence-corrected chi connectivity index (χ3v) is 6.08. The smallest absolute Gasteiger partial charge is 0.323 e. The molecule has 7 heteroatoms. The second-order valence-corrected chi connectivity index (χ2v) is 8.49. The van der Waals surface area contributed by atoms with Gasteiger partial charge in [-0.3, -0.25) is 4.79 Å². The van der Waals surface area contributed by atoms with Crippen LogP contribution in [0.5, 0.6) is 0 Å². The molecular formula is C26H22F3N3O. The molecule has 1 unspecified atom stereocenters. The zero-order valence-corrected chi connectivity index (χ0v) is 18.0. The van der Waals surface area contributed by atoms with Crippen molar-refractivity contribution in [2.45, 2.75) is 32.0 Å². The molecule has 1 aliphatic heterocycles. The Labute approximate surface area is 189 Å². The lowest BCUT2D eigenvalue weighted by molar-refractivity contribution is -0.137. The van der Waals surface area contributed by atoms with Crippen molar-refractivity contribution in [1.29, 1.82) is 0 Å². The molecule has 0 saturated carbocycles. The number of anilines is 1. The first kappa shape index (κ1) is 21.2. The number of rotatable bonds is 4. The maximum atomic E-state index is 13.2. The molecule has 0 aliphatic carbocycles. The van der Waals surface area contributed by atoms with Crippen LogP contribution in [0, 0.1) is 6.92 Å². The predicted octanol–water partition coefficient (Wildman–Crippen LogP) is 5.93. The van der Waals surface area contributed by atoms with E-state index in [-0.39, 0.29) is 30.5 Å². The minimum absolute atomic E-state index is 0.200. The lowest BCUT2D eigenvalue weighted by Crippen LogP contribution is -2.25. The number of fused-ring (bicyclic) bond motifs is 1. The minimum Gasteiger partial charge on any atom is -0.323 e. The number of hydrogen-bond acceptors (Lipinski definition) is 2. The highest BCUT2D eigenvalue weighted by Crippen LogP contribution is 2.36. The molecular weight excluding hydrogens is 427 g/mol. The van der Waals surface area contributed by atoms with Crippen LogP contribution < -0.4 is 4.90 Å². The number of aromatic nitrogens is 2. The molecule has 0 radical (unpaired) electrons. The Morgan fingerprint density at radius 3 is 2.58 bits per heavy atom. The number of amides is 1. The Bertz CT molecular complexity index is 1340. The maximum Gasteiger partial charge on any atom is 0.416 e. The van der Waals surface area contributed by atoms with Crippen molar-refractivity contribution in [1.82, 2.24) is 9.55 Å². The van der Waals surface area contributed by atoms with Gasteiger partial charge in [0.05, 0.1) is 16.6 Å². The van der Waals surface area contributed by atoms with Crippen LogP contribution in [0.25, 0.3) is 11.0 Å². The summed E-state index contributed by atoms with van der Waals surface area (Å²) in [4.78, 5) is 19.1. The van der Waals surface area contributed by atoms with E-state index in [4.69, 9.17) is 4.98 Å². The monoisotopic (exact) mass is 449 g/mol. The van der Waals surface area contributed by atoms with Gasteiger partial charge in [0, 0.05) is 31.1 Å². The van der Waals surface area contributed by atoms with Crippen LogP contribution in [0.1, 0.15) is 34.9 Å². The Kier molecular flexibility index (Phi) is 5.19. The lowest BCUT2D eigenvalue weighted by atomic mass is 10.1. The van der Waals surface area contributed by atoms with Gasteiger partial charge in [0.25, 0.3) is 0 Å². The summed E-state index contributed by atoms with van der Waals surface area (Å²) in [6.45, 7) is 2.93. The SMILES string of the molecule is Cc1cccc(Cn2c(C3CC(=O)N(c4cccc(C(F)(F)F)c4)C3)nc3ccccc32)c1. The first-order valence-corrected chi connectivity index (χ1v) is 10.8. The van der Waals surface area contributed by atoms with Gasteiger partial charge in [-0.2, -0.15) is 13.2 Å². The van der Waals surface area contributed by atoms with Crippen molar-refractivity contribution in [3.8, 4) is 0 Å². The van der Waals surface area contributed by atoms with E-state index in [0.29, 0.717) is 6.54 Å². The summed E-state index contributed by atoms with van der Waals surface area (Å²) in [7, 11) is 0. The third-order valence-electron chi connectivity index (χ3n) is 6.08. The van der Waals surface area contributed by atoms with Gasteiger partial charge in [-0.05, 0) is 42.8 Å². The average molecular weight is 449 g/mol. The fourth-order valence-corrected chi connectivity index (χ4v) is 4.55. The summed E-state index contributed by atoms with van der Waals surface area (Å²) in [5, 5.41) is 0. The molecule has 168 valence electrons. The van der Waals surface area contributed by atoms with Crippen LogP contribution in [-0.4, -0.2) is 22.0 Å². The van der Waals surface area contributed by atoms with Crippen LogP contribution in [0.15, 0.2) is 72.8 Å². The number of aryl methyl sites for hydroxylation is 1. The summed E-state index contributed by atoms with van der Waals surface area (Å²) in [6, 6.07) is 21.0. The van der Waals surface area contributed by atoms with E-state index in [2.05, 4.69) is 16.7 Å². The number of para-hydroxylation sites is 2. The van der Waals surface area contributed by atoms with Gasteiger partial charge >= 0.3 is 6.18 Å². The number of benzene rings is 3. The first-order chi connectivity index (χ1) is 15.8. The molecule has 1 atom stereocenters. The second kappa shape index (κ2) is 8.06. The number of imidazole rings is 1. The van der Waals surface area contributed by atoms with Crippen molar-refractivity contribution < 1.29 is 18.0 Å². The number of nitrogens with zero attached hydrogens (tertiary/aromatic N) is 3. The predicted molar refractivity (Wildman–Crippen MR) is 121 cm³/mol. The standard InChI is InChI=1S/C26H22F3N3O/c1-17-6-4-7-18(12-17)15-32-23-11-3-2-10-22(23)30-25(32)19-13-24(33)31(16-19)21-9-5-8-20(14-21)26(27,28)29/h2-12,14,19H,13,15-16H2,1H3. The summed E-state index contributed by atoms with van der Waals surface area (Å²) in [5.74, 6) is 0.360. The van der Waals surface area contributed by atoms with Gasteiger partial charge < -0.3 is 9.47 Å². The number of alkyl halides is 3. The molecule has 1 saturated heterocycles. The number of carbonyl (C=O) groups excluding carboxylic acids is 1. The molecule has 33 heavy (non-hydrogen) atoms. The van der Waals surface area contributed by atoms with Crippen LogP contribution in [-0.2, 0) is 17.5 Å². The third kappa shape index (κ3) is 4.11. The second-order valence-electron chi connectivity index (χ2n) is 8.49. The first-order valence-electron chi connectivity index (χ1n) is 10.8. The molecule has 2 heterocycles. The highest BCUT2D eigenvalue weighted by atomic mass is 19.4. The molecule has 3 aromatic carbocycles. The van der Waals surface area contributed by atoms with Crippen LogP contribution >= 0.6 is 0 Å². The largest absolute Gasteiger partial charge is 0.416 e. The zero-order chi connectivity index (χ0) is 23.2. The molecule has 4 nitrogen and oxygen atoms in total. The topological polar surface area (TPSA) is 38.1 Å². The van der Waals surface area contributed by atoms with E-state index >= 15 is 0 Å². The summed E-state index contributed by atoms with van der Waals surface area (Å²) in [5.41, 5.74) is 3.59. The maximum absolute atomic E-state index is 13.2. The Balaban J connectivity index is 1.51. The van der Waals surface area contributed by atoms with Gasteiger partial charge in [-0.1, -0.05) is 48.0 Å². The molecule has 1 amide bonds. The van der Waals surface area contributed by atoms with Crippen LogP contribution in [0.4, 0.5) is 18.9 Å². The molecule has 1 aromatic heterocycles. The van der Waals surface area contributed by atoms with Gasteiger partial charge in [-0.25, -0.2) is 4.98 Å². The molecule has 0 spiro atoms. The molecule has 0 N–H and O–H groups in total. The summed E-state index contributed by atoms with van der Waals surface area (Å²) >= 11 is 0. The normalized spacial score (nSPS) is 16.7. The number of carbonyl (C=O) groups is 1. The quantitative estimate of drug-likeness (QED) is 0.387. The Hall–Kier alpha value is -3.61. The summed E-state index contributed by atoms with van der Waals surface area (Å²) < 4.78 is 41.7. The van der Waals surface area contributed by atoms with Gasteiger partial charge in [0.15, 0.2) is 0 Å².